The van der Waals surface area contributed by atoms with Crippen LogP contribution in [-0.4, -0.2) is 51.8 Å². The quantitative estimate of drug-likeness (QED) is 0.770. The van der Waals surface area contributed by atoms with Crippen LogP contribution in [0.2, 0.25) is 0 Å². The van der Waals surface area contributed by atoms with Crippen LogP contribution in [0.1, 0.15) is 23.7 Å². The Hall–Kier alpha value is -2.73. The molecule has 28 heavy (non-hydrogen) atoms. The van der Waals surface area contributed by atoms with Crippen LogP contribution in [0, 0.1) is 0 Å². The van der Waals surface area contributed by atoms with E-state index in [1.807, 2.05) is 49.4 Å². The van der Waals surface area contributed by atoms with Crippen molar-refractivity contribution in [2.45, 2.75) is 19.4 Å². The number of methoxy groups -OCH3 is 1. The first-order valence-electron chi connectivity index (χ1n) is 9.91. The number of nitrogens with two attached hydrogens (primary N) is 1. The molecule has 0 spiro atoms. The minimum atomic E-state index is -0.0308. The summed E-state index contributed by atoms with van der Waals surface area (Å²) in [7, 11) is 1.70. The second-order valence-electron chi connectivity index (χ2n) is 6.92. The highest BCUT2D eigenvalue weighted by molar-refractivity contribution is 5.99. The number of carbonyl (C=O) groups is 1. The van der Waals surface area contributed by atoms with Crippen LogP contribution in [0.15, 0.2) is 48.5 Å². The molecular weight excluding hydrogens is 352 g/mol. The molecule has 1 aliphatic rings. The van der Waals surface area contributed by atoms with Gasteiger partial charge in [0.1, 0.15) is 5.75 Å². The lowest BCUT2D eigenvalue weighted by Gasteiger charge is -2.44. The van der Waals surface area contributed by atoms with Crippen LogP contribution in [0.4, 0.5) is 11.4 Å². The summed E-state index contributed by atoms with van der Waals surface area (Å²) < 4.78 is 5.55. The Labute approximate surface area is 167 Å². The highest BCUT2D eigenvalue weighted by atomic mass is 16.5. The zero-order valence-corrected chi connectivity index (χ0v) is 16.7. The summed E-state index contributed by atoms with van der Waals surface area (Å²) in [5, 5.41) is 2.92. The van der Waals surface area contributed by atoms with E-state index in [1.165, 1.54) is 0 Å². The minimum Gasteiger partial charge on any atom is -0.495 e. The number of carbonyl (C=O) groups excluding carboxylic acids is 1. The lowest BCUT2D eigenvalue weighted by molar-refractivity contribution is 0.0956. The molecule has 1 heterocycles. The molecule has 6 heteroatoms. The lowest BCUT2D eigenvalue weighted by atomic mass is 10.0. The average molecular weight is 383 g/mol. The van der Waals surface area contributed by atoms with E-state index >= 15 is 0 Å². The molecule has 1 unspecified atom stereocenters. The number of nitrogens with one attached hydrogen (secondary N) is 1. The van der Waals surface area contributed by atoms with Gasteiger partial charge < -0.3 is 25.6 Å². The number of rotatable bonds is 7. The van der Waals surface area contributed by atoms with E-state index in [0.29, 0.717) is 13.1 Å². The highest BCUT2D eigenvalue weighted by Gasteiger charge is 2.30. The van der Waals surface area contributed by atoms with E-state index in [2.05, 4.69) is 21.2 Å². The monoisotopic (exact) mass is 382 g/mol. The zero-order valence-electron chi connectivity index (χ0n) is 16.7. The van der Waals surface area contributed by atoms with Crippen molar-refractivity contribution in [3.05, 3.63) is 54.1 Å². The van der Waals surface area contributed by atoms with E-state index in [4.69, 9.17) is 10.5 Å². The summed E-state index contributed by atoms with van der Waals surface area (Å²) in [5.74, 6) is 0.849. The van der Waals surface area contributed by atoms with Crippen molar-refractivity contribution in [1.29, 1.82) is 0 Å². The van der Waals surface area contributed by atoms with Gasteiger partial charge in [0.05, 0.1) is 18.4 Å². The van der Waals surface area contributed by atoms with Gasteiger partial charge in [-0.3, -0.25) is 4.79 Å². The van der Waals surface area contributed by atoms with Crippen LogP contribution in [0.25, 0.3) is 0 Å². The second kappa shape index (κ2) is 9.46. The van der Waals surface area contributed by atoms with Crippen LogP contribution in [-0.2, 0) is 0 Å². The summed E-state index contributed by atoms with van der Waals surface area (Å²) in [5.41, 5.74) is 8.73. The molecule has 0 radical (unpaired) electrons. The van der Waals surface area contributed by atoms with Gasteiger partial charge >= 0.3 is 0 Å². The first kappa shape index (κ1) is 20.0. The Morgan fingerprint density at radius 3 is 2.57 bits per heavy atom. The molecule has 3 rings (SSSR count). The highest BCUT2D eigenvalue weighted by Crippen LogP contribution is 2.32. The molecule has 1 fully saturated rings. The predicted molar refractivity (Wildman–Crippen MR) is 114 cm³/mol. The number of para-hydroxylation sites is 3. The Bertz CT molecular complexity index is 796. The SMILES string of the molecule is CCNC(=O)c1ccccc1N1CCN(c2ccccc2OC)CC1CCN. The van der Waals surface area contributed by atoms with E-state index in [-0.39, 0.29) is 11.9 Å². The first-order valence-corrected chi connectivity index (χ1v) is 9.91. The van der Waals surface area contributed by atoms with Crippen molar-refractivity contribution in [2.75, 3.05) is 49.6 Å². The Kier molecular flexibility index (Phi) is 6.76. The third kappa shape index (κ3) is 4.22. The van der Waals surface area contributed by atoms with Gasteiger partial charge in [-0.1, -0.05) is 24.3 Å². The normalized spacial score (nSPS) is 16.8. The van der Waals surface area contributed by atoms with E-state index in [9.17, 15) is 4.79 Å². The summed E-state index contributed by atoms with van der Waals surface area (Å²) >= 11 is 0. The topological polar surface area (TPSA) is 70.8 Å². The number of piperazine rings is 1. The fraction of sp³-hybridized carbons (Fsp3) is 0.409. The van der Waals surface area contributed by atoms with Gasteiger partial charge in [-0.15, -0.1) is 0 Å². The molecule has 3 N–H and O–H groups in total. The standard InChI is InChI=1S/C22H30N4O2/c1-3-24-22(27)18-8-4-5-9-19(18)26-15-14-25(16-17(26)12-13-23)20-10-6-7-11-21(20)28-2/h4-11,17H,3,12-16,23H2,1-2H3,(H,24,27). The molecule has 0 aliphatic carbocycles. The van der Waals surface area contributed by atoms with Gasteiger partial charge in [-0.05, 0) is 44.2 Å². The number of anilines is 2. The van der Waals surface area contributed by atoms with Crippen molar-refractivity contribution in [1.82, 2.24) is 5.32 Å². The smallest absolute Gasteiger partial charge is 0.253 e. The van der Waals surface area contributed by atoms with Crippen molar-refractivity contribution >= 4 is 17.3 Å². The fourth-order valence-corrected chi connectivity index (χ4v) is 3.89. The maximum absolute atomic E-state index is 12.6. The van der Waals surface area contributed by atoms with Crippen molar-refractivity contribution < 1.29 is 9.53 Å². The summed E-state index contributed by atoms with van der Waals surface area (Å²) in [6.45, 7) is 5.65. The van der Waals surface area contributed by atoms with E-state index in [1.54, 1.807) is 7.11 Å². The van der Waals surface area contributed by atoms with Crippen molar-refractivity contribution in [3.63, 3.8) is 0 Å². The molecule has 0 aromatic heterocycles. The van der Waals surface area contributed by atoms with Crippen LogP contribution >= 0.6 is 0 Å². The number of hydrogen-bond acceptors (Lipinski definition) is 5. The molecule has 0 saturated carbocycles. The fourth-order valence-electron chi connectivity index (χ4n) is 3.89. The Morgan fingerprint density at radius 1 is 1.14 bits per heavy atom. The van der Waals surface area contributed by atoms with Gasteiger partial charge in [-0.25, -0.2) is 0 Å². The Morgan fingerprint density at radius 2 is 1.86 bits per heavy atom. The summed E-state index contributed by atoms with van der Waals surface area (Å²) in [6, 6.07) is 16.2. The molecule has 1 saturated heterocycles. The average Bonchev–Trinajstić information content (AvgIpc) is 2.74. The molecule has 6 nitrogen and oxygen atoms in total. The van der Waals surface area contributed by atoms with Crippen LogP contribution in [0.5, 0.6) is 5.75 Å². The van der Waals surface area contributed by atoms with Crippen LogP contribution in [0.3, 0.4) is 0 Å². The zero-order chi connectivity index (χ0) is 19.9. The molecule has 1 atom stereocenters. The Balaban J connectivity index is 1.88. The third-order valence-electron chi connectivity index (χ3n) is 5.20. The van der Waals surface area contributed by atoms with Gasteiger partial charge in [-0.2, -0.15) is 0 Å². The van der Waals surface area contributed by atoms with Crippen molar-refractivity contribution in [2.24, 2.45) is 5.73 Å². The number of amides is 1. The van der Waals surface area contributed by atoms with Crippen LogP contribution < -0.4 is 25.6 Å². The third-order valence-corrected chi connectivity index (χ3v) is 5.20. The molecule has 1 amide bonds. The molecular formula is C22H30N4O2. The first-order chi connectivity index (χ1) is 13.7. The lowest BCUT2D eigenvalue weighted by Crippen LogP contribution is -2.54. The van der Waals surface area contributed by atoms with E-state index in [0.717, 1.165) is 48.7 Å². The largest absolute Gasteiger partial charge is 0.495 e. The molecule has 0 bridgehead atoms. The number of nitrogens with zero attached hydrogens (tertiary/aromatic N) is 2. The molecule has 1 aliphatic heterocycles. The molecule has 150 valence electrons. The number of benzene rings is 2. The maximum atomic E-state index is 12.6. The second-order valence-corrected chi connectivity index (χ2v) is 6.92. The molecule has 2 aromatic carbocycles. The summed E-state index contributed by atoms with van der Waals surface area (Å²) in [4.78, 5) is 17.2. The van der Waals surface area contributed by atoms with E-state index < -0.39 is 0 Å². The number of ether oxygens (including phenoxy) is 1. The minimum absolute atomic E-state index is 0.0308. The predicted octanol–water partition coefficient (Wildman–Crippen LogP) is 2.49. The number of hydrogen-bond donors (Lipinski definition) is 2. The van der Waals surface area contributed by atoms with Gasteiger partial charge in [0.25, 0.3) is 5.91 Å². The van der Waals surface area contributed by atoms with Crippen molar-refractivity contribution in [3.8, 4) is 5.75 Å². The maximum Gasteiger partial charge on any atom is 0.253 e. The van der Waals surface area contributed by atoms with Gasteiger partial charge in [0.2, 0.25) is 0 Å². The van der Waals surface area contributed by atoms with Gasteiger partial charge in [0, 0.05) is 37.9 Å². The molecule has 2 aromatic rings. The van der Waals surface area contributed by atoms with Gasteiger partial charge in [0.15, 0.2) is 0 Å². The summed E-state index contributed by atoms with van der Waals surface area (Å²) in [6.07, 6.45) is 0.857.